The molecule has 138 valence electrons. The first-order valence-corrected chi connectivity index (χ1v) is 10.1. The largest absolute Gasteiger partial charge is 0.338 e. The number of amides is 1. The number of anilines is 1. The van der Waals surface area contributed by atoms with E-state index < -0.39 is 10.0 Å². The number of halogens is 1. The van der Waals surface area contributed by atoms with E-state index in [1.165, 1.54) is 24.3 Å². The molecular weight excluding hydrogens is 374 g/mol. The number of nitrogens with zero attached hydrogens (tertiary/aromatic N) is 1. The van der Waals surface area contributed by atoms with Crippen LogP contribution in [0.2, 0.25) is 5.02 Å². The van der Waals surface area contributed by atoms with Gasteiger partial charge in [-0.25, -0.2) is 8.42 Å². The third-order valence-electron chi connectivity index (χ3n) is 4.43. The molecule has 8 heteroatoms. The molecule has 1 aliphatic heterocycles. The molecule has 0 aliphatic carbocycles. The van der Waals surface area contributed by atoms with E-state index in [2.05, 4.69) is 4.72 Å². The van der Waals surface area contributed by atoms with E-state index in [0.717, 1.165) is 6.42 Å². The molecule has 1 amide bonds. The Balaban J connectivity index is 1.85. The number of carbonyl (C=O) groups excluding carboxylic acids is 1. The lowest BCUT2D eigenvalue weighted by Crippen LogP contribution is -2.30. The van der Waals surface area contributed by atoms with Gasteiger partial charge in [0.2, 0.25) is 0 Å². The molecular formula is C18H20ClN3O3S. The SMILES string of the molecule is NCC1CCN(C(=O)c2ccccc2NS(=O)(=O)c2ccc(Cl)cc2)C1. The first-order chi connectivity index (χ1) is 12.4. The number of likely N-dealkylation sites (tertiary alicyclic amines) is 1. The minimum absolute atomic E-state index is 0.0773. The van der Waals surface area contributed by atoms with Crippen LogP contribution in [0.5, 0.6) is 0 Å². The predicted molar refractivity (Wildman–Crippen MR) is 102 cm³/mol. The van der Waals surface area contributed by atoms with E-state index in [1.54, 1.807) is 29.2 Å². The van der Waals surface area contributed by atoms with Gasteiger partial charge < -0.3 is 10.6 Å². The van der Waals surface area contributed by atoms with Gasteiger partial charge in [-0.3, -0.25) is 9.52 Å². The van der Waals surface area contributed by atoms with Crippen LogP contribution >= 0.6 is 11.6 Å². The second kappa shape index (κ2) is 7.65. The molecule has 1 atom stereocenters. The maximum atomic E-state index is 12.8. The standard InChI is InChI=1S/C18H20ClN3O3S/c19-14-5-7-15(8-6-14)26(24,25)21-17-4-2-1-3-16(17)18(23)22-10-9-13(11-20)12-22/h1-8,13,21H,9-12,20H2. The summed E-state index contributed by atoms with van der Waals surface area (Å²) in [6.07, 6.45) is 0.862. The van der Waals surface area contributed by atoms with Gasteiger partial charge in [0, 0.05) is 18.1 Å². The number of nitrogens with two attached hydrogens (primary N) is 1. The highest BCUT2D eigenvalue weighted by atomic mass is 35.5. The van der Waals surface area contributed by atoms with Crippen molar-refractivity contribution in [3.63, 3.8) is 0 Å². The normalized spacial score (nSPS) is 17.3. The van der Waals surface area contributed by atoms with Crippen LogP contribution in [0.15, 0.2) is 53.4 Å². The number of nitrogens with one attached hydrogen (secondary N) is 1. The zero-order valence-electron chi connectivity index (χ0n) is 14.1. The van der Waals surface area contributed by atoms with Crippen molar-refractivity contribution in [2.24, 2.45) is 11.7 Å². The Morgan fingerprint density at radius 2 is 1.88 bits per heavy atom. The summed E-state index contributed by atoms with van der Waals surface area (Å²) in [5.74, 6) is 0.0900. The fourth-order valence-corrected chi connectivity index (χ4v) is 4.16. The third-order valence-corrected chi connectivity index (χ3v) is 6.07. The molecule has 0 bridgehead atoms. The monoisotopic (exact) mass is 393 g/mol. The van der Waals surface area contributed by atoms with Crippen LogP contribution in [0.4, 0.5) is 5.69 Å². The van der Waals surface area contributed by atoms with Gasteiger partial charge in [0.15, 0.2) is 0 Å². The molecule has 1 saturated heterocycles. The van der Waals surface area contributed by atoms with Gasteiger partial charge in [0.05, 0.1) is 16.1 Å². The number of hydrogen-bond acceptors (Lipinski definition) is 4. The number of sulfonamides is 1. The lowest BCUT2D eigenvalue weighted by atomic mass is 10.1. The highest BCUT2D eigenvalue weighted by Gasteiger charge is 2.28. The summed E-state index contributed by atoms with van der Waals surface area (Å²) >= 11 is 5.81. The van der Waals surface area contributed by atoms with Crippen LogP contribution in [0.3, 0.4) is 0 Å². The highest BCUT2D eigenvalue weighted by Crippen LogP contribution is 2.25. The minimum Gasteiger partial charge on any atom is -0.338 e. The van der Waals surface area contributed by atoms with Crippen LogP contribution in [0, 0.1) is 5.92 Å². The maximum absolute atomic E-state index is 12.8. The summed E-state index contributed by atoms with van der Waals surface area (Å²) in [5.41, 5.74) is 6.26. The van der Waals surface area contributed by atoms with Crippen molar-refractivity contribution in [1.29, 1.82) is 0 Å². The molecule has 3 N–H and O–H groups in total. The first kappa shape index (κ1) is 18.7. The molecule has 2 aromatic carbocycles. The van der Waals surface area contributed by atoms with Gasteiger partial charge in [-0.05, 0) is 55.3 Å². The molecule has 0 aromatic heterocycles. The Hall–Kier alpha value is -2.09. The average molecular weight is 394 g/mol. The van der Waals surface area contributed by atoms with Crippen LogP contribution < -0.4 is 10.5 Å². The zero-order chi connectivity index (χ0) is 18.7. The lowest BCUT2D eigenvalue weighted by molar-refractivity contribution is 0.0788. The molecule has 6 nitrogen and oxygen atoms in total. The van der Waals surface area contributed by atoms with E-state index in [4.69, 9.17) is 17.3 Å². The molecule has 3 rings (SSSR count). The number of benzene rings is 2. The second-order valence-corrected chi connectivity index (χ2v) is 8.37. The smallest absolute Gasteiger partial charge is 0.261 e. The van der Waals surface area contributed by atoms with Crippen molar-refractivity contribution in [2.45, 2.75) is 11.3 Å². The summed E-state index contributed by atoms with van der Waals surface area (Å²) in [5, 5.41) is 0.447. The van der Waals surface area contributed by atoms with Crippen LogP contribution in [0.25, 0.3) is 0 Å². The molecule has 2 aromatic rings. The molecule has 0 radical (unpaired) electrons. The topological polar surface area (TPSA) is 92.5 Å². The highest BCUT2D eigenvalue weighted by molar-refractivity contribution is 7.92. The maximum Gasteiger partial charge on any atom is 0.261 e. The third kappa shape index (κ3) is 4.00. The van der Waals surface area contributed by atoms with Crippen LogP contribution in [-0.4, -0.2) is 38.9 Å². The molecule has 0 spiro atoms. The van der Waals surface area contributed by atoms with E-state index in [0.29, 0.717) is 30.2 Å². The fourth-order valence-electron chi connectivity index (χ4n) is 2.96. The predicted octanol–water partition coefficient (Wildman–Crippen LogP) is 2.56. The molecule has 1 aliphatic rings. The molecule has 1 heterocycles. The summed E-state index contributed by atoms with van der Waals surface area (Å²) < 4.78 is 27.7. The summed E-state index contributed by atoms with van der Waals surface area (Å²) in [6, 6.07) is 12.4. The minimum atomic E-state index is -3.82. The number of para-hydroxylation sites is 1. The van der Waals surface area contributed by atoms with E-state index >= 15 is 0 Å². The quantitative estimate of drug-likeness (QED) is 0.816. The van der Waals surface area contributed by atoms with Gasteiger partial charge in [0.1, 0.15) is 0 Å². The Bertz CT molecular complexity index is 900. The first-order valence-electron chi connectivity index (χ1n) is 8.27. The van der Waals surface area contributed by atoms with E-state index in [1.807, 2.05) is 0 Å². The van der Waals surface area contributed by atoms with Gasteiger partial charge >= 0.3 is 0 Å². The van der Waals surface area contributed by atoms with Crippen molar-refractivity contribution in [1.82, 2.24) is 4.90 Å². The van der Waals surface area contributed by atoms with Crippen molar-refractivity contribution in [3.8, 4) is 0 Å². The van der Waals surface area contributed by atoms with E-state index in [9.17, 15) is 13.2 Å². The molecule has 0 saturated carbocycles. The molecule has 1 unspecified atom stereocenters. The van der Waals surface area contributed by atoms with Crippen LogP contribution in [0.1, 0.15) is 16.8 Å². The Morgan fingerprint density at radius 3 is 2.54 bits per heavy atom. The van der Waals surface area contributed by atoms with Crippen molar-refractivity contribution in [3.05, 3.63) is 59.1 Å². The van der Waals surface area contributed by atoms with Gasteiger partial charge in [-0.15, -0.1) is 0 Å². The molecule has 1 fully saturated rings. The van der Waals surface area contributed by atoms with E-state index in [-0.39, 0.29) is 22.4 Å². The Morgan fingerprint density at radius 1 is 1.19 bits per heavy atom. The van der Waals surface area contributed by atoms with Crippen LogP contribution in [-0.2, 0) is 10.0 Å². The lowest BCUT2D eigenvalue weighted by Gasteiger charge is -2.19. The van der Waals surface area contributed by atoms with Crippen molar-refractivity contribution >= 4 is 33.2 Å². The Kier molecular flexibility index (Phi) is 5.50. The number of carbonyl (C=O) groups is 1. The fraction of sp³-hybridized carbons (Fsp3) is 0.278. The average Bonchev–Trinajstić information content (AvgIpc) is 3.11. The zero-order valence-corrected chi connectivity index (χ0v) is 15.6. The summed E-state index contributed by atoms with van der Waals surface area (Å²) in [6.45, 7) is 1.75. The second-order valence-electron chi connectivity index (χ2n) is 6.25. The number of hydrogen-bond donors (Lipinski definition) is 2. The molecule has 26 heavy (non-hydrogen) atoms. The summed E-state index contributed by atoms with van der Waals surface area (Å²) in [7, 11) is -3.82. The van der Waals surface area contributed by atoms with Gasteiger partial charge in [-0.2, -0.15) is 0 Å². The van der Waals surface area contributed by atoms with Crippen molar-refractivity contribution in [2.75, 3.05) is 24.4 Å². The van der Waals surface area contributed by atoms with Crippen molar-refractivity contribution < 1.29 is 13.2 Å². The Labute approximate surface area is 158 Å². The van der Waals surface area contributed by atoms with Gasteiger partial charge in [-0.1, -0.05) is 23.7 Å². The van der Waals surface area contributed by atoms with Gasteiger partial charge in [0.25, 0.3) is 15.9 Å². The summed E-state index contributed by atoms with van der Waals surface area (Å²) in [4.78, 5) is 14.6. The number of rotatable bonds is 5.